The third-order valence-electron chi connectivity index (χ3n) is 3.10. The van der Waals surface area contributed by atoms with Gasteiger partial charge >= 0.3 is 0 Å². The van der Waals surface area contributed by atoms with Gasteiger partial charge in [0.1, 0.15) is 23.7 Å². The minimum absolute atomic E-state index is 0.769. The molecule has 21 heavy (non-hydrogen) atoms. The molecule has 0 aliphatic rings. The van der Waals surface area contributed by atoms with Gasteiger partial charge in [-0.1, -0.05) is 29.3 Å². The van der Waals surface area contributed by atoms with Crippen molar-refractivity contribution in [2.75, 3.05) is 24.8 Å². The molecule has 0 radical (unpaired) electrons. The number of halogens is 1. The number of benzene rings is 1. The van der Waals surface area contributed by atoms with Crippen molar-refractivity contribution in [3.05, 3.63) is 34.6 Å². The highest BCUT2D eigenvalue weighted by Crippen LogP contribution is 2.32. The van der Waals surface area contributed by atoms with Gasteiger partial charge in [-0.05, 0) is 24.6 Å². The molecule has 0 saturated carbocycles. The molecule has 0 spiro atoms. The van der Waals surface area contributed by atoms with Crippen molar-refractivity contribution < 1.29 is 4.74 Å². The van der Waals surface area contributed by atoms with E-state index in [2.05, 4.69) is 43.5 Å². The Labute approximate surface area is 133 Å². The van der Waals surface area contributed by atoms with Crippen molar-refractivity contribution in [2.24, 2.45) is 0 Å². The van der Waals surface area contributed by atoms with Gasteiger partial charge in [-0.25, -0.2) is 9.97 Å². The first kappa shape index (κ1) is 15.6. The van der Waals surface area contributed by atoms with Crippen LogP contribution in [0.2, 0.25) is 0 Å². The second-order valence-electron chi connectivity index (χ2n) is 4.52. The fourth-order valence-corrected chi connectivity index (χ4v) is 2.49. The minimum atomic E-state index is 0.769. The van der Waals surface area contributed by atoms with Crippen LogP contribution in [-0.4, -0.2) is 24.1 Å². The lowest BCUT2D eigenvalue weighted by atomic mass is 10.1. The molecule has 0 atom stereocenters. The number of anilines is 3. The van der Waals surface area contributed by atoms with E-state index >= 15 is 0 Å². The number of ether oxygens (including phenoxy) is 1. The number of aromatic nitrogens is 2. The topological polar surface area (TPSA) is 59.1 Å². The Morgan fingerprint density at radius 3 is 2.67 bits per heavy atom. The SMILES string of the molecule is CCCc1c(NC)ncnc1Nc1cc(Br)ccc1OC. The summed E-state index contributed by atoms with van der Waals surface area (Å²) in [4.78, 5) is 8.65. The Morgan fingerprint density at radius 1 is 1.24 bits per heavy atom. The van der Waals surface area contributed by atoms with Crippen molar-refractivity contribution in [3.63, 3.8) is 0 Å². The number of methoxy groups -OCH3 is 1. The molecule has 2 rings (SSSR count). The van der Waals surface area contributed by atoms with Crippen LogP contribution in [0.4, 0.5) is 17.3 Å². The molecular weight excluding hydrogens is 332 g/mol. The summed E-state index contributed by atoms with van der Waals surface area (Å²) in [6.45, 7) is 2.13. The van der Waals surface area contributed by atoms with E-state index in [0.29, 0.717) is 0 Å². The van der Waals surface area contributed by atoms with E-state index in [1.807, 2.05) is 25.2 Å². The van der Waals surface area contributed by atoms with Crippen LogP contribution in [0.1, 0.15) is 18.9 Å². The molecular formula is C15H19BrN4O. The molecule has 0 fully saturated rings. The van der Waals surface area contributed by atoms with Crippen molar-refractivity contribution in [1.82, 2.24) is 9.97 Å². The summed E-state index contributed by atoms with van der Waals surface area (Å²) >= 11 is 3.48. The molecule has 1 aromatic heterocycles. The van der Waals surface area contributed by atoms with Crippen LogP contribution in [0.5, 0.6) is 5.75 Å². The molecule has 5 nitrogen and oxygen atoms in total. The standard InChI is InChI=1S/C15H19BrN4O/c1-4-5-11-14(17-2)18-9-19-15(11)20-12-8-10(16)6-7-13(12)21-3/h6-9H,4-5H2,1-3H3,(H2,17,18,19,20). The van der Waals surface area contributed by atoms with Gasteiger partial charge in [0.25, 0.3) is 0 Å². The quantitative estimate of drug-likeness (QED) is 0.824. The van der Waals surface area contributed by atoms with Gasteiger partial charge in [0.05, 0.1) is 12.8 Å². The molecule has 2 aromatic rings. The lowest BCUT2D eigenvalue weighted by Gasteiger charge is -2.15. The van der Waals surface area contributed by atoms with E-state index in [-0.39, 0.29) is 0 Å². The monoisotopic (exact) mass is 350 g/mol. The number of nitrogens with one attached hydrogen (secondary N) is 2. The highest BCUT2D eigenvalue weighted by molar-refractivity contribution is 9.10. The molecule has 1 heterocycles. The number of nitrogens with zero attached hydrogens (tertiary/aromatic N) is 2. The molecule has 6 heteroatoms. The van der Waals surface area contributed by atoms with Gasteiger partial charge in [0.2, 0.25) is 0 Å². The fraction of sp³-hybridized carbons (Fsp3) is 0.333. The van der Waals surface area contributed by atoms with Crippen LogP contribution in [0.15, 0.2) is 29.0 Å². The van der Waals surface area contributed by atoms with E-state index in [0.717, 1.165) is 46.0 Å². The van der Waals surface area contributed by atoms with Crippen LogP contribution in [0.25, 0.3) is 0 Å². The van der Waals surface area contributed by atoms with Gasteiger partial charge in [-0.2, -0.15) is 0 Å². The Bertz CT molecular complexity index is 619. The van der Waals surface area contributed by atoms with Crippen LogP contribution >= 0.6 is 15.9 Å². The summed E-state index contributed by atoms with van der Waals surface area (Å²) < 4.78 is 6.36. The maximum Gasteiger partial charge on any atom is 0.142 e. The second kappa shape index (κ2) is 7.26. The average Bonchev–Trinajstić information content (AvgIpc) is 2.49. The van der Waals surface area contributed by atoms with Crippen molar-refractivity contribution in [3.8, 4) is 5.75 Å². The van der Waals surface area contributed by atoms with Crippen LogP contribution in [0, 0.1) is 0 Å². The highest BCUT2D eigenvalue weighted by atomic mass is 79.9. The Hall–Kier alpha value is -1.82. The lowest BCUT2D eigenvalue weighted by molar-refractivity contribution is 0.416. The van der Waals surface area contributed by atoms with Crippen molar-refractivity contribution in [2.45, 2.75) is 19.8 Å². The van der Waals surface area contributed by atoms with Gasteiger partial charge in [-0.15, -0.1) is 0 Å². The summed E-state index contributed by atoms with van der Waals surface area (Å²) in [5.74, 6) is 2.42. The van der Waals surface area contributed by atoms with Gasteiger partial charge in [0.15, 0.2) is 0 Å². The summed E-state index contributed by atoms with van der Waals surface area (Å²) in [6, 6.07) is 5.82. The van der Waals surface area contributed by atoms with Gasteiger partial charge in [0, 0.05) is 17.1 Å². The van der Waals surface area contributed by atoms with E-state index in [4.69, 9.17) is 4.74 Å². The zero-order chi connectivity index (χ0) is 15.2. The van der Waals surface area contributed by atoms with E-state index in [1.165, 1.54) is 0 Å². The first-order valence-corrected chi connectivity index (χ1v) is 7.61. The normalized spacial score (nSPS) is 10.3. The van der Waals surface area contributed by atoms with Crippen LogP contribution in [-0.2, 0) is 6.42 Å². The molecule has 0 saturated heterocycles. The highest BCUT2D eigenvalue weighted by Gasteiger charge is 2.12. The molecule has 0 aliphatic heterocycles. The molecule has 2 N–H and O–H groups in total. The van der Waals surface area contributed by atoms with Crippen LogP contribution < -0.4 is 15.4 Å². The van der Waals surface area contributed by atoms with Gasteiger partial charge in [-0.3, -0.25) is 0 Å². The predicted molar refractivity (Wildman–Crippen MR) is 89.6 cm³/mol. The summed E-state index contributed by atoms with van der Waals surface area (Å²) in [5, 5.41) is 6.46. The molecule has 0 bridgehead atoms. The minimum Gasteiger partial charge on any atom is -0.495 e. The van der Waals surface area contributed by atoms with Crippen molar-refractivity contribution >= 4 is 33.3 Å². The molecule has 1 aromatic carbocycles. The maximum atomic E-state index is 5.39. The molecule has 112 valence electrons. The average molecular weight is 351 g/mol. The first-order chi connectivity index (χ1) is 10.2. The smallest absolute Gasteiger partial charge is 0.142 e. The van der Waals surface area contributed by atoms with Crippen LogP contribution in [0.3, 0.4) is 0 Å². The van der Waals surface area contributed by atoms with E-state index in [1.54, 1.807) is 13.4 Å². The zero-order valence-electron chi connectivity index (χ0n) is 12.4. The largest absolute Gasteiger partial charge is 0.495 e. The summed E-state index contributed by atoms with van der Waals surface area (Å²) in [6.07, 6.45) is 3.47. The van der Waals surface area contributed by atoms with Crippen molar-refractivity contribution in [1.29, 1.82) is 0 Å². The first-order valence-electron chi connectivity index (χ1n) is 6.81. The Morgan fingerprint density at radius 2 is 2.00 bits per heavy atom. The van der Waals surface area contributed by atoms with E-state index < -0.39 is 0 Å². The maximum absolute atomic E-state index is 5.39. The molecule has 0 unspecified atom stereocenters. The van der Waals surface area contributed by atoms with Gasteiger partial charge < -0.3 is 15.4 Å². The number of hydrogen-bond donors (Lipinski definition) is 2. The zero-order valence-corrected chi connectivity index (χ0v) is 14.0. The molecule has 0 amide bonds. The Balaban J connectivity index is 2.41. The summed E-state index contributed by atoms with van der Waals surface area (Å²) in [7, 11) is 3.52. The number of rotatable bonds is 6. The Kier molecular flexibility index (Phi) is 5.38. The third-order valence-corrected chi connectivity index (χ3v) is 3.59. The number of hydrogen-bond acceptors (Lipinski definition) is 5. The lowest BCUT2D eigenvalue weighted by Crippen LogP contribution is -2.06. The molecule has 0 aliphatic carbocycles. The second-order valence-corrected chi connectivity index (χ2v) is 5.43. The summed E-state index contributed by atoms with van der Waals surface area (Å²) in [5.41, 5.74) is 1.94. The third kappa shape index (κ3) is 3.64. The van der Waals surface area contributed by atoms with E-state index in [9.17, 15) is 0 Å². The fourth-order valence-electron chi connectivity index (χ4n) is 2.13. The predicted octanol–water partition coefficient (Wildman–Crippen LogP) is 3.99.